The van der Waals surface area contributed by atoms with E-state index in [2.05, 4.69) is 0 Å². The van der Waals surface area contributed by atoms with Crippen LogP contribution in [0.25, 0.3) is 0 Å². The van der Waals surface area contributed by atoms with Crippen LogP contribution in [0.2, 0.25) is 1.41 Å². The van der Waals surface area contributed by atoms with E-state index < -0.39 is 56.4 Å². The molecule has 10 N–H and O–H groups in total. The number of carboxylic acid groups (broad SMARTS) is 1. The molecule has 11 nitrogen and oxygen atoms in total. The third kappa shape index (κ3) is 9.04. The van der Waals surface area contributed by atoms with Gasteiger partial charge in [-0.1, -0.05) is 24.3 Å². The second-order valence-electron chi connectivity index (χ2n) is 5.52. The molecule has 0 radical (unpaired) electrons. The number of aliphatic hydroxyl groups is 5. The Morgan fingerprint density at radius 2 is 1.67 bits per heavy atom. The summed E-state index contributed by atoms with van der Waals surface area (Å²) in [4.78, 5) is 21.2. The van der Waals surface area contributed by atoms with Crippen molar-refractivity contribution in [3.05, 3.63) is 29.8 Å². The first kappa shape index (κ1) is 23.1. The van der Waals surface area contributed by atoms with Gasteiger partial charge in [0.1, 0.15) is 32.4 Å². The molecule has 0 aliphatic heterocycles. The fourth-order valence-corrected chi connectivity index (χ4v) is 1.75. The van der Waals surface area contributed by atoms with Gasteiger partial charge in [-0.3, -0.25) is 9.59 Å². The molecule has 0 amide bonds. The molecule has 27 heavy (non-hydrogen) atoms. The summed E-state index contributed by atoms with van der Waals surface area (Å²) >= 11 is 0. The molecule has 0 saturated carbocycles. The SMILES string of the molecule is O=C(CO)[C@@H](O)[C@H](O)[C@H](O)CO.[2H]N[C@@H](Cc1ccc(B(O)O)cc1)C(=O)O. The number of Topliss-reactive ketones (excluding diaryl/α,β-unsaturated/α-hetero) is 1. The van der Waals surface area contributed by atoms with Gasteiger partial charge < -0.3 is 46.4 Å². The summed E-state index contributed by atoms with van der Waals surface area (Å²) in [6, 6.07) is 5.24. The fourth-order valence-electron chi connectivity index (χ4n) is 1.75. The Morgan fingerprint density at radius 3 is 2.04 bits per heavy atom. The lowest BCUT2D eigenvalue weighted by Gasteiger charge is -2.19. The summed E-state index contributed by atoms with van der Waals surface area (Å²) in [5.74, 6) is -2.10. The van der Waals surface area contributed by atoms with Gasteiger partial charge in [-0.25, -0.2) is 0 Å². The zero-order valence-electron chi connectivity index (χ0n) is 15.2. The molecule has 4 atom stereocenters. The molecule has 12 heteroatoms. The lowest BCUT2D eigenvalue weighted by Crippen LogP contribution is -2.44. The molecule has 0 heterocycles. The number of hydrogen-bond donors (Lipinski definition) is 9. The minimum absolute atomic E-state index is 0.167. The zero-order valence-corrected chi connectivity index (χ0v) is 14.2. The van der Waals surface area contributed by atoms with Crippen molar-refractivity contribution in [2.45, 2.75) is 30.8 Å². The maximum absolute atomic E-state index is 10.6. The topological polar surface area (TPSA) is 222 Å². The molecule has 1 aromatic carbocycles. The van der Waals surface area contributed by atoms with E-state index in [9.17, 15) is 9.59 Å². The molecule has 0 unspecified atom stereocenters. The van der Waals surface area contributed by atoms with Crippen LogP contribution >= 0.6 is 0 Å². The molecular weight excluding hydrogens is 365 g/mol. The van der Waals surface area contributed by atoms with E-state index in [-0.39, 0.29) is 6.42 Å². The largest absolute Gasteiger partial charge is 0.488 e. The zero-order chi connectivity index (χ0) is 21.9. The molecule has 1 aromatic rings. The predicted octanol–water partition coefficient (Wildman–Crippen LogP) is -5.06. The highest BCUT2D eigenvalue weighted by Gasteiger charge is 2.28. The minimum atomic E-state index is -1.86. The second-order valence-corrected chi connectivity index (χ2v) is 5.52. The van der Waals surface area contributed by atoms with Crippen LogP contribution in [0, 0.1) is 0 Å². The summed E-state index contributed by atoms with van der Waals surface area (Å²) in [6.45, 7) is -1.69. The number of ketones is 1. The Kier molecular flexibility index (Phi) is 10.7. The van der Waals surface area contributed by atoms with Crippen LogP contribution in [0.3, 0.4) is 0 Å². The fraction of sp³-hybridized carbons (Fsp3) is 0.467. The monoisotopic (exact) mass is 390 g/mol. The van der Waals surface area contributed by atoms with Gasteiger partial charge in [0.15, 0.2) is 5.78 Å². The predicted molar refractivity (Wildman–Crippen MR) is 92.8 cm³/mol. The van der Waals surface area contributed by atoms with Crippen LogP contribution in [0.15, 0.2) is 24.3 Å². The molecule has 152 valence electrons. The van der Waals surface area contributed by atoms with Crippen LogP contribution in [-0.2, 0) is 16.0 Å². The average Bonchev–Trinajstić information content (AvgIpc) is 2.70. The van der Waals surface area contributed by atoms with Crippen molar-refractivity contribution in [1.29, 1.82) is 0 Å². The van der Waals surface area contributed by atoms with Crippen molar-refractivity contribution in [2.75, 3.05) is 13.2 Å². The third-order valence-electron chi connectivity index (χ3n) is 3.41. The number of rotatable bonds is 10. The van der Waals surface area contributed by atoms with Crippen molar-refractivity contribution in [3.63, 3.8) is 0 Å². The van der Waals surface area contributed by atoms with Gasteiger partial charge in [-0.15, -0.1) is 0 Å². The van der Waals surface area contributed by atoms with E-state index in [4.69, 9.17) is 42.1 Å². The van der Waals surface area contributed by atoms with Crippen molar-refractivity contribution in [3.8, 4) is 0 Å². The number of aliphatic hydroxyl groups excluding tert-OH is 5. The third-order valence-corrected chi connectivity index (χ3v) is 3.41. The maximum atomic E-state index is 10.6. The van der Waals surface area contributed by atoms with Crippen molar-refractivity contribution in [1.82, 2.24) is 0 Å². The Bertz CT molecular complexity index is 603. The molecule has 0 fully saturated rings. The number of carboxylic acids is 1. The van der Waals surface area contributed by atoms with Crippen LogP contribution in [0.5, 0.6) is 0 Å². The van der Waals surface area contributed by atoms with Gasteiger partial charge in [0, 0.05) is 0 Å². The van der Waals surface area contributed by atoms with Gasteiger partial charge in [-0.05, 0) is 17.4 Å². The first-order valence-corrected chi connectivity index (χ1v) is 7.72. The number of nitrogens with two attached hydrogens (primary N) is 1. The van der Waals surface area contributed by atoms with E-state index in [0.717, 1.165) is 0 Å². The molecule has 0 spiro atoms. The van der Waals surface area contributed by atoms with E-state index in [1.807, 2.05) is 5.73 Å². The summed E-state index contributed by atoms with van der Waals surface area (Å²) in [6.07, 6.45) is -5.05. The number of hydrogen-bond acceptors (Lipinski definition) is 10. The number of carbonyl (C=O) groups is 2. The molecule has 1 rings (SSSR count). The van der Waals surface area contributed by atoms with Crippen molar-refractivity contribution >= 4 is 24.3 Å². The number of aliphatic carboxylic acids is 1. The van der Waals surface area contributed by atoms with Crippen molar-refractivity contribution < 1.29 is 51.7 Å². The van der Waals surface area contributed by atoms with Crippen LogP contribution in [0.4, 0.5) is 0 Å². The number of benzene rings is 1. The standard InChI is InChI=1S/C9H12BNO4.C6H12O6/c11-8(9(12)13)5-6-1-3-7(4-2-6)10(14)15;7-1-3(9)5(11)6(12)4(10)2-8/h1-4,8,14-15H,5,11H2,(H,12,13);3,5-9,11-12H,1-2H2/t8-;3-,5-,6-/m01/s1/i/hD. The van der Waals surface area contributed by atoms with Gasteiger partial charge in [0.2, 0.25) is 0 Å². The highest BCUT2D eigenvalue weighted by atomic mass is 16.4. The van der Waals surface area contributed by atoms with Crippen LogP contribution in [-0.4, -0.2) is 97.1 Å². The average molecular weight is 390 g/mol. The number of carbonyl (C=O) groups excluding carboxylic acids is 1. The maximum Gasteiger partial charge on any atom is 0.488 e. The normalized spacial score (nSPS) is 15.4. The molecule has 0 aromatic heterocycles. The van der Waals surface area contributed by atoms with Crippen LogP contribution in [0.1, 0.15) is 5.56 Å². The lowest BCUT2D eigenvalue weighted by molar-refractivity contribution is -0.142. The highest BCUT2D eigenvalue weighted by molar-refractivity contribution is 6.58. The molecule has 0 aliphatic rings. The Balaban J connectivity index is 0.000000546. The van der Waals surface area contributed by atoms with E-state index >= 15 is 0 Å². The molecular formula is C15H24BNO10. The summed E-state index contributed by atoms with van der Waals surface area (Å²) in [7, 11) is -1.53. The molecule has 0 bridgehead atoms. The first-order valence-electron chi connectivity index (χ1n) is 8.22. The van der Waals surface area contributed by atoms with Gasteiger partial charge >= 0.3 is 13.1 Å². The smallest absolute Gasteiger partial charge is 0.480 e. The lowest BCUT2D eigenvalue weighted by atomic mass is 9.80. The minimum Gasteiger partial charge on any atom is -0.480 e. The summed E-state index contributed by atoms with van der Waals surface area (Å²) < 4.78 is 6.84. The molecule has 0 aliphatic carbocycles. The van der Waals surface area contributed by atoms with Gasteiger partial charge in [0.05, 0.1) is 6.61 Å². The van der Waals surface area contributed by atoms with E-state index in [0.29, 0.717) is 11.0 Å². The quantitative estimate of drug-likeness (QED) is 0.172. The van der Waals surface area contributed by atoms with Crippen LogP contribution < -0.4 is 11.2 Å². The van der Waals surface area contributed by atoms with Crippen molar-refractivity contribution in [2.24, 2.45) is 5.73 Å². The Labute approximate surface area is 156 Å². The highest BCUT2D eigenvalue weighted by Crippen LogP contribution is 2.01. The van der Waals surface area contributed by atoms with Gasteiger partial charge in [0.25, 0.3) is 0 Å². The summed E-state index contributed by atoms with van der Waals surface area (Å²) in [5, 5.41) is 69.5. The second kappa shape index (κ2) is 12.5. The summed E-state index contributed by atoms with van der Waals surface area (Å²) in [5.41, 5.74) is 2.99. The van der Waals surface area contributed by atoms with Gasteiger partial charge in [-0.2, -0.15) is 0 Å². The Hall–Kier alpha value is -1.90. The van der Waals surface area contributed by atoms with E-state index in [1.54, 1.807) is 12.1 Å². The molecule has 0 saturated heterocycles. The first-order chi connectivity index (χ1) is 13.1. The van der Waals surface area contributed by atoms with E-state index in [1.165, 1.54) is 12.1 Å². The Morgan fingerprint density at radius 1 is 1.11 bits per heavy atom.